The third kappa shape index (κ3) is 4.59. The summed E-state index contributed by atoms with van der Waals surface area (Å²) >= 11 is 0. The van der Waals surface area contributed by atoms with Crippen LogP contribution < -0.4 is 4.90 Å². The first-order chi connectivity index (χ1) is 18.6. The first kappa shape index (κ1) is 24.1. The molecule has 0 radical (unpaired) electrons. The Bertz CT molecular complexity index is 1540. The van der Waals surface area contributed by atoms with Gasteiger partial charge in [0, 0.05) is 85.7 Å². The van der Waals surface area contributed by atoms with Gasteiger partial charge in [0.05, 0.1) is 24.5 Å². The number of piperazine rings is 1. The second kappa shape index (κ2) is 10.2. The molecule has 8 nitrogen and oxygen atoms in total. The lowest BCUT2D eigenvalue weighted by Gasteiger charge is -2.38. The molecule has 0 bridgehead atoms. The van der Waals surface area contributed by atoms with Crippen molar-refractivity contribution >= 4 is 18.1 Å². The summed E-state index contributed by atoms with van der Waals surface area (Å²) in [7, 11) is 1.93. The second-order valence-corrected chi connectivity index (χ2v) is 9.90. The van der Waals surface area contributed by atoms with Gasteiger partial charge in [-0.1, -0.05) is 30.3 Å². The molecule has 38 heavy (non-hydrogen) atoms. The molecule has 1 atom stereocenters. The SMILES string of the molecule is C=NCc1cnn2cc(-c3cnn(C)c3)cc(-c3ccc(N4CCN([C@@H](C)c5ccccc5)CC4)nc3)c12. The lowest BCUT2D eigenvalue weighted by molar-refractivity contribution is 0.198. The van der Waals surface area contributed by atoms with Gasteiger partial charge in [-0.15, -0.1) is 0 Å². The Kier molecular flexibility index (Phi) is 6.47. The zero-order valence-electron chi connectivity index (χ0n) is 21.9. The van der Waals surface area contributed by atoms with Crippen LogP contribution in [0.3, 0.4) is 0 Å². The fraction of sp³-hybridized carbons (Fsp3) is 0.267. The molecule has 0 unspecified atom stereocenters. The minimum atomic E-state index is 0.415. The molecule has 5 heterocycles. The lowest BCUT2D eigenvalue weighted by Crippen LogP contribution is -2.47. The van der Waals surface area contributed by atoms with Gasteiger partial charge in [-0.25, -0.2) is 9.50 Å². The molecule has 192 valence electrons. The fourth-order valence-electron chi connectivity index (χ4n) is 5.38. The molecule has 1 saturated heterocycles. The molecule has 0 aliphatic carbocycles. The van der Waals surface area contributed by atoms with Crippen LogP contribution in [0.2, 0.25) is 0 Å². The highest BCUT2D eigenvalue weighted by Crippen LogP contribution is 2.33. The maximum atomic E-state index is 4.91. The van der Waals surface area contributed by atoms with Crippen LogP contribution in [0, 0.1) is 0 Å². The van der Waals surface area contributed by atoms with Gasteiger partial charge in [-0.3, -0.25) is 14.6 Å². The van der Waals surface area contributed by atoms with Crippen molar-refractivity contribution in [3.05, 3.63) is 90.6 Å². The number of aryl methyl sites for hydroxylation is 1. The molecule has 1 aromatic carbocycles. The van der Waals surface area contributed by atoms with E-state index in [1.807, 2.05) is 47.2 Å². The van der Waals surface area contributed by atoms with E-state index >= 15 is 0 Å². The van der Waals surface area contributed by atoms with Crippen molar-refractivity contribution in [3.8, 4) is 22.3 Å². The van der Waals surface area contributed by atoms with Crippen LogP contribution >= 0.6 is 0 Å². The number of hydrogen-bond acceptors (Lipinski definition) is 6. The summed E-state index contributed by atoms with van der Waals surface area (Å²) in [5.74, 6) is 1.02. The topological polar surface area (TPSA) is 66.8 Å². The van der Waals surface area contributed by atoms with Gasteiger partial charge in [0.1, 0.15) is 5.82 Å². The Morgan fingerprint density at radius 1 is 0.895 bits per heavy atom. The average molecular weight is 505 g/mol. The monoisotopic (exact) mass is 504 g/mol. The molecule has 0 amide bonds. The van der Waals surface area contributed by atoms with Gasteiger partial charge in [0.15, 0.2) is 0 Å². The molecule has 6 rings (SSSR count). The standard InChI is InChI=1S/C30H32N8/c1-22(23-7-5-4-6-8-23)36-11-13-37(14-12-36)29-10-9-24(17-32-29)28-15-25(27-19-33-35(3)20-27)21-38-30(28)26(16-31-2)18-34-38/h4-10,15,17-22H,2,11-14,16H2,1,3H3/t22-/m0/s1. The van der Waals surface area contributed by atoms with Gasteiger partial charge in [-0.05, 0) is 37.4 Å². The predicted octanol–water partition coefficient (Wildman–Crippen LogP) is 4.88. The van der Waals surface area contributed by atoms with E-state index in [2.05, 4.69) is 87.2 Å². The van der Waals surface area contributed by atoms with Gasteiger partial charge in [0.25, 0.3) is 0 Å². The van der Waals surface area contributed by atoms with E-state index in [0.717, 1.165) is 65.3 Å². The van der Waals surface area contributed by atoms with Crippen LogP contribution in [0.5, 0.6) is 0 Å². The molecule has 1 aliphatic rings. The molecule has 4 aromatic heterocycles. The zero-order chi connectivity index (χ0) is 26.1. The molecule has 5 aromatic rings. The Morgan fingerprint density at radius 2 is 1.71 bits per heavy atom. The predicted molar refractivity (Wildman–Crippen MR) is 153 cm³/mol. The number of benzene rings is 1. The summed E-state index contributed by atoms with van der Waals surface area (Å²) in [6.45, 7) is 10.5. The number of rotatable bonds is 7. The number of aromatic nitrogens is 5. The lowest BCUT2D eigenvalue weighted by atomic mass is 10.0. The van der Waals surface area contributed by atoms with E-state index in [1.165, 1.54) is 5.56 Å². The van der Waals surface area contributed by atoms with Crippen LogP contribution in [0.1, 0.15) is 24.1 Å². The molecular formula is C30H32N8. The number of anilines is 1. The number of nitrogens with zero attached hydrogens (tertiary/aromatic N) is 8. The molecule has 8 heteroatoms. The van der Waals surface area contributed by atoms with E-state index in [1.54, 1.807) is 0 Å². The molecule has 0 spiro atoms. The quantitative estimate of drug-likeness (QED) is 0.296. The van der Waals surface area contributed by atoms with Crippen molar-refractivity contribution in [1.29, 1.82) is 0 Å². The van der Waals surface area contributed by atoms with Crippen LogP contribution in [-0.4, -0.2) is 62.2 Å². The second-order valence-electron chi connectivity index (χ2n) is 9.90. The minimum absolute atomic E-state index is 0.415. The van der Waals surface area contributed by atoms with Crippen molar-refractivity contribution in [2.45, 2.75) is 19.5 Å². The number of pyridine rings is 2. The number of hydrogen-bond donors (Lipinski definition) is 0. The average Bonchev–Trinajstić information content (AvgIpc) is 3.59. The number of aliphatic imine (C=N–C) groups is 1. The normalized spacial score (nSPS) is 15.2. The van der Waals surface area contributed by atoms with Crippen molar-refractivity contribution in [2.24, 2.45) is 12.0 Å². The highest BCUT2D eigenvalue weighted by atomic mass is 15.3. The van der Waals surface area contributed by atoms with E-state index in [4.69, 9.17) is 4.98 Å². The summed E-state index contributed by atoms with van der Waals surface area (Å²) in [5.41, 5.74) is 7.66. The Hall–Kier alpha value is -4.30. The smallest absolute Gasteiger partial charge is 0.128 e. The third-order valence-corrected chi connectivity index (χ3v) is 7.53. The van der Waals surface area contributed by atoms with Crippen LogP contribution in [0.4, 0.5) is 5.82 Å². The van der Waals surface area contributed by atoms with Crippen molar-refractivity contribution in [3.63, 3.8) is 0 Å². The van der Waals surface area contributed by atoms with Gasteiger partial charge in [-0.2, -0.15) is 10.2 Å². The molecule has 0 saturated carbocycles. The van der Waals surface area contributed by atoms with Crippen LogP contribution in [0.25, 0.3) is 27.8 Å². The molecule has 0 N–H and O–H groups in total. The van der Waals surface area contributed by atoms with E-state index in [9.17, 15) is 0 Å². The van der Waals surface area contributed by atoms with Crippen LogP contribution in [-0.2, 0) is 13.6 Å². The van der Waals surface area contributed by atoms with Gasteiger partial charge < -0.3 is 4.90 Å². The van der Waals surface area contributed by atoms with Gasteiger partial charge in [0.2, 0.25) is 0 Å². The summed E-state index contributed by atoms with van der Waals surface area (Å²) < 4.78 is 3.74. The van der Waals surface area contributed by atoms with E-state index in [-0.39, 0.29) is 0 Å². The Balaban J connectivity index is 1.26. The molecule has 1 aliphatic heterocycles. The first-order valence-electron chi connectivity index (χ1n) is 13.0. The summed E-state index contributed by atoms with van der Waals surface area (Å²) in [5, 5.41) is 8.97. The Labute approximate surface area is 222 Å². The van der Waals surface area contributed by atoms with Gasteiger partial charge >= 0.3 is 0 Å². The van der Waals surface area contributed by atoms with E-state index < -0.39 is 0 Å². The van der Waals surface area contributed by atoms with Crippen molar-refractivity contribution in [2.75, 3.05) is 31.1 Å². The maximum absolute atomic E-state index is 4.91. The van der Waals surface area contributed by atoms with Crippen LogP contribution in [0.15, 0.2) is 84.5 Å². The summed E-state index contributed by atoms with van der Waals surface area (Å²) in [4.78, 5) is 14.0. The minimum Gasteiger partial charge on any atom is -0.354 e. The number of fused-ring (bicyclic) bond motifs is 1. The third-order valence-electron chi connectivity index (χ3n) is 7.53. The molecule has 1 fully saturated rings. The molecular weight excluding hydrogens is 472 g/mol. The zero-order valence-corrected chi connectivity index (χ0v) is 21.9. The summed E-state index contributed by atoms with van der Waals surface area (Å²) in [6, 6.07) is 17.7. The van der Waals surface area contributed by atoms with E-state index in [0.29, 0.717) is 12.6 Å². The summed E-state index contributed by atoms with van der Waals surface area (Å²) in [6.07, 6.45) is 9.79. The maximum Gasteiger partial charge on any atom is 0.128 e. The first-order valence-corrected chi connectivity index (χ1v) is 13.0. The van der Waals surface area contributed by atoms with Crippen molar-refractivity contribution in [1.82, 2.24) is 29.3 Å². The highest BCUT2D eigenvalue weighted by Gasteiger charge is 2.23. The van der Waals surface area contributed by atoms with Crippen molar-refractivity contribution < 1.29 is 0 Å². The fourth-order valence-corrected chi connectivity index (χ4v) is 5.38. The largest absolute Gasteiger partial charge is 0.354 e. The highest BCUT2D eigenvalue weighted by molar-refractivity contribution is 5.86. The Morgan fingerprint density at radius 3 is 2.39 bits per heavy atom.